The largest absolute Gasteiger partial charge is 0.444 e. The Morgan fingerprint density at radius 1 is 1.10 bits per heavy atom. The summed E-state index contributed by atoms with van der Waals surface area (Å²) in [6.45, 7) is 6.48. The van der Waals surface area contributed by atoms with Crippen LogP contribution in [0, 0.1) is 0 Å². The maximum absolute atomic E-state index is 13.3. The molecule has 8 heteroatoms. The van der Waals surface area contributed by atoms with Crippen LogP contribution < -0.4 is 5.32 Å². The van der Waals surface area contributed by atoms with E-state index in [-0.39, 0.29) is 18.4 Å². The van der Waals surface area contributed by atoms with Crippen LogP contribution in [-0.4, -0.2) is 64.6 Å². The molecule has 1 aliphatic rings. The standard InChI is InChI=1S/C23H30N4O4/c1-23(2,3)31-22(30)26-12-13-27(21(29)18-10-7-11-25(18)5)19(15-26)16-8-6-9-17(14-16)20(28)24-4/h6-11,14,19H,12-13,15H2,1-5H3,(H,24,28)/t19-/m1/s1. The normalized spacial score (nSPS) is 16.7. The number of ether oxygens (including phenoxy) is 1. The summed E-state index contributed by atoms with van der Waals surface area (Å²) in [7, 11) is 3.40. The Kier molecular flexibility index (Phi) is 6.38. The van der Waals surface area contributed by atoms with Crippen molar-refractivity contribution in [3.8, 4) is 0 Å². The predicted molar refractivity (Wildman–Crippen MR) is 117 cm³/mol. The molecule has 0 aliphatic carbocycles. The molecular weight excluding hydrogens is 396 g/mol. The third-order valence-corrected chi connectivity index (χ3v) is 5.22. The highest BCUT2D eigenvalue weighted by Gasteiger charge is 2.36. The molecule has 2 aromatic rings. The van der Waals surface area contributed by atoms with Crippen molar-refractivity contribution in [1.29, 1.82) is 0 Å². The van der Waals surface area contributed by atoms with Gasteiger partial charge in [0.05, 0.1) is 6.04 Å². The lowest BCUT2D eigenvalue weighted by Crippen LogP contribution is -2.53. The smallest absolute Gasteiger partial charge is 0.410 e. The Morgan fingerprint density at radius 3 is 2.45 bits per heavy atom. The average Bonchev–Trinajstić information content (AvgIpc) is 3.17. The highest BCUT2D eigenvalue weighted by atomic mass is 16.6. The minimum absolute atomic E-state index is 0.119. The first-order chi connectivity index (χ1) is 14.6. The first kappa shape index (κ1) is 22.4. The van der Waals surface area contributed by atoms with Gasteiger partial charge in [-0.3, -0.25) is 9.59 Å². The Morgan fingerprint density at radius 2 is 1.84 bits per heavy atom. The Labute approximate surface area is 182 Å². The quantitative estimate of drug-likeness (QED) is 0.818. The maximum atomic E-state index is 13.3. The third kappa shape index (κ3) is 5.07. The summed E-state index contributed by atoms with van der Waals surface area (Å²) in [4.78, 5) is 41.6. The number of aromatic nitrogens is 1. The number of nitrogens with zero attached hydrogens (tertiary/aromatic N) is 3. The topological polar surface area (TPSA) is 83.9 Å². The van der Waals surface area contributed by atoms with Gasteiger partial charge in [-0.15, -0.1) is 0 Å². The van der Waals surface area contributed by atoms with Gasteiger partial charge in [-0.1, -0.05) is 12.1 Å². The molecule has 1 fully saturated rings. The van der Waals surface area contributed by atoms with Crippen molar-refractivity contribution in [2.24, 2.45) is 7.05 Å². The molecule has 1 atom stereocenters. The minimum Gasteiger partial charge on any atom is -0.444 e. The summed E-state index contributed by atoms with van der Waals surface area (Å²) < 4.78 is 7.32. The second-order valence-electron chi connectivity index (χ2n) is 8.65. The number of hydrogen-bond acceptors (Lipinski definition) is 4. The lowest BCUT2D eigenvalue weighted by Gasteiger charge is -2.42. The lowest BCUT2D eigenvalue weighted by atomic mass is 9.99. The number of benzene rings is 1. The SMILES string of the molecule is CNC(=O)c1cccc([C@H]2CN(C(=O)OC(C)(C)C)CCN2C(=O)c2cccn2C)c1. The van der Waals surface area contributed by atoms with E-state index in [4.69, 9.17) is 4.74 Å². The van der Waals surface area contributed by atoms with Gasteiger partial charge in [0.2, 0.25) is 0 Å². The van der Waals surface area contributed by atoms with Crippen LogP contribution in [0.25, 0.3) is 0 Å². The molecule has 0 spiro atoms. The summed E-state index contributed by atoms with van der Waals surface area (Å²) in [5, 5.41) is 2.62. The zero-order valence-electron chi connectivity index (χ0n) is 18.7. The number of piperazine rings is 1. The molecular formula is C23H30N4O4. The average molecular weight is 427 g/mol. The van der Waals surface area contributed by atoms with Gasteiger partial charge in [0.1, 0.15) is 11.3 Å². The number of amides is 3. The molecule has 2 heterocycles. The van der Waals surface area contributed by atoms with E-state index in [1.54, 1.807) is 45.7 Å². The molecule has 0 radical (unpaired) electrons. The number of nitrogens with one attached hydrogen (secondary N) is 1. The van der Waals surface area contributed by atoms with Gasteiger partial charge in [0, 0.05) is 45.5 Å². The summed E-state index contributed by atoms with van der Waals surface area (Å²) in [5.74, 6) is -0.325. The Balaban J connectivity index is 1.94. The molecule has 0 bridgehead atoms. The van der Waals surface area contributed by atoms with Crippen molar-refractivity contribution in [1.82, 2.24) is 19.7 Å². The van der Waals surface area contributed by atoms with Crippen LogP contribution in [0.5, 0.6) is 0 Å². The number of rotatable bonds is 3. The van der Waals surface area contributed by atoms with Crippen molar-refractivity contribution in [2.75, 3.05) is 26.7 Å². The van der Waals surface area contributed by atoms with E-state index in [9.17, 15) is 14.4 Å². The van der Waals surface area contributed by atoms with Crippen LogP contribution in [-0.2, 0) is 11.8 Å². The van der Waals surface area contributed by atoms with Crippen LogP contribution in [0.2, 0.25) is 0 Å². The summed E-state index contributed by atoms with van der Waals surface area (Å²) in [6.07, 6.45) is 1.41. The van der Waals surface area contributed by atoms with E-state index in [2.05, 4.69) is 5.32 Å². The van der Waals surface area contributed by atoms with Crippen LogP contribution >= 0.6 is 0 Å². The van der Waals surface area contributed by atoms with E-state index in [0.717, 1.165) is 5.56 Å². The van der Waals surface area contributed by atoms with Crippen LogP contribution in [0.3, 0.4) is 0 Å². The third-order valence-electron chi connectivity index (χ3n) is 5.22. The molecule has 0 saturated carbocycles. The van der Waals surface area contributed by atoms with Gasteiger partial charge in [-0.25, -0.2) is 4.79 Å². The molecule has 1 saturated heterocycles. The fourth-order valence-electron chi connectivity index (χ4n) is 3.67. The minimum atomic E-state index is -0.609. The fraction of sp³-hybridized carbons (Fsp3) is 0.435. The van der Waals surface area contributed by atoms with Gasteiger partial charge < -0.3 is 24.4 Å². The zero-order valence-corrected chi connectivity index (χ0v) is 18.7. The second-order valence-corrected chi connectivity index (χ2v) is 8.65. The van der Waals surface area contributed by atoms with Crippen LogP contribution in [0.4, 0.5) is 4.79 Å². The molecule has 3 amide bonds. The predicted octanol–water partition coefficient (Wildman–Crippen LogP) is 2.82. The molecule has 31 heavy (non-hydrogen) atoms. The van der Waals surface area contributed by atoms with Crippen molar-refractivity contribution in [2.45, 2.75) is 32.4 Å². The summed E-state index contributed by atoms with van der Waals surface area (Å²) in [6, 6.07) is 10.4. The van der Waals surface area contributed by atoms with E-state index in [1.165, 1.54) is 0 Å². The molecule has 1 aromatic carbocycles. The fourth-order valence-corrected chi connectivity index (χ4v) is 3.67. The second kappa shape index (κ2) is 8.83. The van der Waals surface area contributed by atoms with E-state index >= 15 is 0 Å². The number of carbonyl (C=O) groups is 3. The molecule has 1 N–H and O–H groups in total. The molecule has 1 aliphatic heterocycles. The Hall–Kier alpha value is -3.29. The number of hydrogen-bond donors (Lipinski definition) is 1. The molecule has 3 rings (SSSR count). The van der Waals surface area contributed by atoms with Gasteiger partial charge in [0.25, 0.3) is 11.8 Å². The van der Waals surface area contributed by atoms with E-state index in [1.807, 2.05) is 46.1 Å². The monoisotopic (exact) mass is 426 g/mol. The Bertz CT molecular complexity index is 976. The van der Waals surface area contributed by atoms with Gasteiger partial charge in [0.15, 0.2) is 0 Å². The van der Waals surface area contributed by atoms with Crippen molar-refractivity contribution >= 4 is 17.9 Å². The van der Waals surface area contributed by atoms with Crippen molar-refractivity contribution in [3.63, 3.8) is 0 Å². The number of carbonyl (C=O) groups excluding carboxylic acids is 3. The first-order valence-corrected chi connectivity index (χ1v) is 10.3. The molecule has 1 aromatic heterocycles. The van der Waals surface area contributed by atoms with Gasteiger partial charge in [-0.05, 0) is 50.6 Å². The van der Waals surface area contributed by atoms with Crippen LogP contribution in [0.1, 0.15) is 53.2 Å². The van der Waals surface area contributed by atoms with Crippen molar-refractivity contribution in [3.05, 3.63) is 59.4 Å². The van der Waals surface area contributed by atoms with E-state index in [0.29, 0.717) is 24.3 Å². The highest BCUT2D eigenvalue weighted by Crippen LogP contribution is 2.29. The van der Waals surface area contributed by atoms with Crippen LogP contribution in [0.15, 0.2) is 42.6 Å². The highest BCUT2D eigenvalue weighted by molar-refractivity contribution is 5.95. The van der Waals surface area contributed by atoms with Gasteiger partial charge >= 0.3 is 6.09 Å². The summed E-state index contributed by atoms with van der Waals surface area (Å²) >= 11 is 0. The van der Waals surface area contributed by atoms with Crippen molar-refractivity contribution < 1.29 is 19.1 Å². The van der Waals surface area contributed by atoms with E-state index < -0.39 is 17.7 Å². The maximum Gasteiger partial charge on any atom is 0.410 e. The summed E-state index contributed by atoms with van der Waals surface area (Å²) in [5.41, 5.74) is 1.25. The first-order valence-electron chi connectivity index (χ1n) is 10.3. The molecule has 8 nitrogen and oxygen atoms in total. The van der Waals surface area contributed by atoms with Gasteiger partial charge in [-0.2, -0.15) is 0 Å². The lowest BCUT2D eigenvalue weighted by molar-refractivity contribution is 0.00386. The molecule has 0 unspecified atom stereocenters. The zero-order chi connectivity index (χ0) is 22.8. The number of aryl methyl sites for hydroxylation is 1. The molecule has 166 valence electrons.